The number of rotatable bonds is 6. The first-order valence-electron chi connectivity index (χ1n) is 14.0. The molecule has 3 amide bonds. The van der Waals surface area contributed by atoms with Gasteiger partial charge in [-0.25, -0.2) is 29.1 Å². The number of halogens is 1. The van der Waals surface area contributed by atoms with E-state index in [0.29, 0.717) is 54.5 Å². The fourth-order valence-electron chi connectivity index (χ4n) is 4.88. The predicted molar refractivity (Wildman–Crippen MR) is 166 cm³/mol. The molecule has 3 heterocycles. The number of carbonyl (C=O) groups is 2. The summed E-state index contributed by atoms with van der Waals surface area (Å²) in [5, 5.41) is 6.05. The molecule has 0 bridgehead atoms. The summed E-state index contributed by atoms with van der Waals surface area (Å²) in [6, 6.07) is 16.2. The van der Waals surface area contributed by atoms with Crippen molar-refractivity contribution in [1.29, 1.82) is 0 Å². The van der Waals surface area contributed by atoms with Gasteiger partial charge in [0.1, 0.15) is 18.0 Å². The number of fused-ring (bicyclic) bond motifs is 1. The Balaban J connectivity index is 1.26. The van der Waals surface area contributed by atoms with E-state index in [4.69, 9.17) is 14.7 Å². The SMILES string of the molecule is CN(C)C(=O)c1ccc(NC(=O)Nc2ccc(-c3nc(N4CCOCC4)c4ccc(-c5cncnc5)cc4n3)cc2F)cc1. The van der Waals surface area contributed by atoms with Crippen molar-refractivity contribution in [1.82, 2.24) is 24.8 Å². The van der Waals surface area contributed by atoms with Gasteiger partial charge in [0, 0.05) is 67.3 Å². The van der Waals surface area contributed by atoms with E-state index in [2.05, 4.69) is 25.5 Å². The molecule has 1 fully saturated rings. The van der Waals surface area contributed by atoms with Crippen molar-refractivity contribution in [2.45, 2.75) is 0 Å². The number of ether oxygens (including phenoxy) is 1. The molecule has 222 valence electrons. The van der Waals surface area contributed by atoms with Gasteiger partial charge in [-0.3, -0.25) is 4.79 Å². The molecule has 1 saturated heterocycles. The van der Waals surface area contributed by atoms with Crippen LogP contribution in [-0.2, 0) is 4.74 Å². The number of aromatic nitrogens is 4. The summed E-state index contributed by atoms with van der Waals surface area (Å²) >= 11 is 0. The summed E-state index contributed by atoms with van der Waals surface area (Å²) in [7, 11) is 3.32. The Kier molecular flexibility index (Phi) is 8.06. The Morgan fingerprint density at radius 1 is 0.864 bits per heavy atom. The van der Waals surface area contributed by atoms with Crippen LogP contribution in [0.3, 0.4) is 0 Å². The van der Waals surface area contributed by atoms with E-state index >= 15 is 4.39 Å². The van der Waals surface area contributed by atoms with Gasteiger partial charge in [-0.1, -0.05) is 6.07 Å². The Hall–Kier alpha value is -5.49. The number of benzene rings is 3. The van der Waals surface area contributed by atoms with E-state index in [9.17, 15) is 9.59 Å². The van der Waals surface area contributed by atoms with E-state index in [1.807, 2.05) is 18.2 Å². The molecular weight excluding hydrogens is 563 g/mol. The van der Waals surface area contributed by atoms with Crippen molar-refractivity contribution in [2.75, 3.05) is 55.9 Å². The van der Waals surface area contributed by atoms with Crippen LogP contribution >= 0.6 is 0 Å². The van der Waals surface area contributed by atoms with Crippen LogP contribution in [0.25, 0.3) is 33.4 Å². The van der Waals surface area contributed by atoms with Gasteiger partial charge in [-0.05, 0) is 60.2 Å². The van der Waals surface area contributed by atoms with Gasteiger partial charge in [0.05, 0.1) is 24.4 Å². The largest absolute Gasteiger partial charge is 0.378 e. The molecule has 3 aromatic carbocycles. The molecule has 0 saturated carbocycles. The van der Waals surface area contributed by atoms with Crippen LogP contribution in [0.2, 0.25) is 0 Å². The van der Waals surface area contributed by atoms with E-state index in [1.165, 1.54) is 23.4 Å². The minimum absolute atomic E-state index is 0.00814. The van der Waals surface area contributed by atoms with Crippen LogP contribution in [0.15, 0.2) is 79.4 Å². The molecule has 0 unspecified atom stereocenters. The third-order valence-electron chi connectivity index (χ3n) is 7.15. The molecule has 11 nitrogen and oxygen atoms in total. The molecule has 0 aliphatic carbocycles. The van der Waals surface area contributed by atoms with Crippen LogP contribution in [0.5, 0.6) is 0 Å². The fraction of sp³-hybridized carbons (Fsp3) is 0.188. The number of nitrogens with zero attached hydrogens (tertiary/aromatic N) is 6. The minimum Gasteiger partial charge on any atom is -0.378 e. The second-order valence-corrected chi connectivity index (χ2v) is 10.4. The first-order valence-corrected chi connectivity index (χ1v) is 14.0. The van der Waals surface area contributed by atoms with Crippen LogP contribution in [0, 0.1) is 5.82 Å². The molecule has 2 aromatic heterocycles. The molecule has 1 aliphatic heterocycles. The standard InChI is InChI=1S/C32H29FN8O3/c1-40(2)31(42)20-3-7-24(8-4-20)36-32(43)38-27-10-6-22(15-26(27)33)29-37-28-16-21(23-17-34-19-35-18-23)5-9-25(28)30(39-29)41-11-13-44-14-12-41/h3-10,15-19H,11-14H2,1-2H3,(H2,36,38,43). The minimum atomic E-state index is -0.642. The molecule has 44 heavy (non-hydrogen) atoms. The van der Waals surface area contributed by atoms with Crippen molar-refractivity contribution in [3.8, 4) is 22.5 Å². The first kappa shape index (κ1) is 28.6. The molecule has 0 spiro atoms. The second-order valence-electron chi connectivity index (χ2n) is 10.4. The summed E-state index contributed by atoms with van der Waals surface area (Å²) in [4.78, 5) is 46.2. The normalized spacial score (nSPS) is 13.0. The molecule has 5 aromatic rings. The van der Waals surface area contributed by atoms with Crippen LogP contribution in [0.1, 0.15) is 10.4 Å². The average molecular weight is 593 g/mol. The van der Waals surface area contributed by atoms with Gasteiger partial charge in [0.25, 0.3) is 5.91 Å². The van der Waals surface area contributed by atoms with Gasteiger partial charge >= 0.3 is 6.03 Å². The first-order chi connectivity index (χ1) is 21.4. The molecule has 6 rings (SSSR count). The number of morpholine rings is 1. The Labute approximate surface area is 252 Å². The molecule has 1 aliphatic rings. The summed E-state index contributed by atoms with van der Waals surface area (Å²) < 4.78 is 20.9. The maximum atomic E-state index is 15.3. The van der Waals surface area contributed by atoms with Gasteiger partial charge in [-0.2, -0.15) is 0 Å². The Bertz CT molecular complexity index is 1830. The van der Waals surface area contributed by atoms with E-state index in [1.54, 1.807) is 56.8 Å². The van der Waals surface area contributed by atoms with Crippen LogP contribution < -0.4 is 15.5 Å². The third kappa shape index (κ3) is 6.15. The highest BCUT2D eigenvalue weighted by molar-refractivity contribution is 6.01. The maximum absolute atomic E-state index is 15.3. The summed E-state index contributed by atoms with van der Waals surface area (Å²) in [6.07, 6.45) is 4.94. The summed E-state index contributed by atoms with van der Waals surface area (Å²) in [5.74, 6) is 0.297. The lowest BCUT2D eigenvalue weighted by molar-refractivity contribution is 0.0827. The highest BCUT2D eigenvalue weighted by Crippen LogP contribution is 2.32. The van der Waals surface area contributed by atoms with E-state index in [0.717, 1.165) is 22.3 Å². The zero-order chi connectivity index (χ0) is 30.6. The van der Waals surface area contributed by atoms with Crippen LogP contribution in [-0.4, -0.2) is 77.2 Å². The van der Waals surface area contributed by atoms with Crippen molar-refractivity contribution in [3.05, 3.63) is 90.8 Å². The zero-order valence-electron chi connectivity index (χ0n) is 24.1. The van der Waals surface area contributed by atoms with Gasteiger partial charge in [0.15, 0.2) is 5.82 Å². The van der Waals surface area contributed by atoms with Crippen molar-refractivity contribution < 1.29 is 18.7 Å². The topological polar surface area (TPSA) is 125 Å². The lowest BCUT2D eigenvalue weighted by atomic mass is 10.1. The third-order valence-corrected chi connectivity index (χ3v) is 7.15. The number of amides is 3. The fourth-order valence-corrected chi connectivity index (χ4v) is 4.88. The van der Waals surface area contributed by atoms with Gasteiger partial charge in [-0.15, -0.1) is 0 Å². The van der Waals surface area contributed by atoms with E-state index in [-0.39, 0.29) is 11.6 Å². The zero-order valence-corrected chi connectivity index (χ0v) is 24.1. The molecule has 12 heteroatoms. The molecule has 0 radical (unpaired) electrons. The monoisotopic (exact) mass is 592 g/mol. The molecule has 2 N–H and O–H groups in total. The molecular formula is C32H29FN8O3. The number of hydrogen-bond donors (Lipinski definition) is 2. The Morgan fingerprint density at radius 2 is 1.59 bits per heavy atom. The average Bonchev–Trinajstić information content (AvgIpc) is 3.05. The summed E-state index contributed by atoms with van der Waals surface area (Å²) in [5.41, 5.74) is 3.83. The van der Waals surface area contributed by atoms with E-state index < -0.39 is 11.8 Å². The quantitative estimate of drug-likeness (QED) is 0.280. The van der Waals surface area contributed by atoms with Gasteiger partial charge in [0.2, 0.25) is 0 Å². The second kappa shape index (κ2) is 12.4. The number of carbonyl (C=O) groups excluding carboxylic acids is 2. The smallest absolute Gasteiger partial charge is 0.323 e. The number of urea groups is 1. The lowest BCUT2D eigenvalue weighted by Crippen LogP contribution is -2.37. The van der Waals surface area contributed by atoms with Crippen molar-refractivity contribution in [2.24, 2.45) is 0 Å². The van der Waals surface area contributed by atoms with Gasteiger partial charge < -0.3 is 25.2 Å². The van der Waals surface area contributed by atoms with Crippen LogP contribution in [0.4, 0.5) is 26.4 Å². The number of anilines is 3. The number of hydrogen-bond acceptors (Lipinski definition) is 8. The maximum Gasteiger partial charge on any atom is 0.323 e. The van der Waals surface area contributed by atoms with Crippen molar-refractivity contribution >= 4 is 40.0 Å². The lowest BCUT2D eigenvalue weighted by Gasteiger charge is -2.29. The number of nitrogens with one attached hydrogen (secondary N) is 2. The highest BCUT2D eigenvalue weighted by atomic mass is 19.1. The van der Waals surface area contributed by atoms with Crippen molar-refractivity contribution in [3.63, 3.8) is 0 Å². The highest BCUT2D eigenvalue weighted by Gasteiger charge is 2.20. The predicted octanol–water partition coefficient (Wildman–Crippen LogP) is 5.08. The summed E-state index contributed by atoms with van der Waals surface area (Å²) in [6.45, 7) is 2.49. The Morgan fingerprint density at radius 3 is 2.30 bits per heavy atom. The molecule has 0 atom stereocenters.